The predicted octanol–water partition coefficient (Wildman–Crippen LogP) is 1.60. The van der Waals surface area contributed by atoms with Crippen molar-refractivity contribution in [2.45, 2.75) is 13.8 Å². The van der Waals surface area contributed by atoms with Gasteiger partial charge in [-0.3, -0.25) is 5.32 Å². The number of nitrogens with zero attached hydrogens (tertiary/aromatic N) is 1. The standard InChI is InChI=1S/C10H11N3O3S/c1-3-16-9(14)7-5(2)6(4-11)8(17-7)13-10(12)15/h3H2,1-2H3,(H3,12,13,15). The number of primary amides is 1. The molecular formula is C10H11N3O3S. The van der Waals surface area contributed by atoms with E-state index >= 15 is 0 Å². The van der Waals surface area contributed by atoms with Crippen molar-refractivity contribution >= 4 is 28.3 Å². The van der Waals surface area contributed by atoms with Gasteiger partial charge < -0.3 is 10.5 Å². The molecule has 0 aliphatic rings. The summed E-state index contributed by atoms with van der Waals surface area (Å²) < 4.78 is 4.84. The number of hydrogen-bond donors (Lipinski definition) is 2. The molecule has 0 spiro atoms. The lowest BCUT2D eigenvalue weighted by molar-refractivity contribution is 0.0531. The first-order valence-electron chi connectivity index (χ1n) is 4.78. The largest absolute Gasteiger partial charge is 0.462 e. The van der Waals surface area contributed by atoms with Crippen molar-refractivity contribution in [1.29, 1.82) is 5.26 Å². The molecule has 1 aromatic rings. The molecule has 0 aromatic carbocycles. The summed E-state index contributed by atoms with van der Waals surface area (Å²) in [6.45, 7) is 3.55. The van der Waals surface area contributed by atoms with Crippen LogP contribution in [0.4, 0.5) is 9.80 Å². The number of carbonyl (C=O) groups is 2. The summed E-state index contributed by atoms with van der Waals surface area (Å²) >= 11 is 0.978. The topological polar surface area (TPSA) is 105 Å². The van der Waals surface area contributed by atoms with Gasteiger partial charge in [0.1, 0.15) is 15.9 Å². The number of amides is 2. The van der Waals surface area contributed by atoms with Crippen molar-refractivity contribution in [2.75, 3.05) is 11.9 Å². The summed E-state index contributed by atoms with van der Waals surface area (Å²) in [6, 6.07) is 1.14. The highest BCUT2D eigenvalue weighted by molar-refractivity contribution is 7.18. The Morgan fingerprint density at radius 2 is 2.24 bits per heavy atom. The van der Waals surface area contributed by atoms with Gasteiger partial charge in [-0.05, 0) is 19.4 Å². The van der Waals surface area contributed by atoms with E-state index in [0.29, 0.717) is 10.4 Å². The lowest BCUT2D eigenvalue weighted by atomic mass is 10.2. The molecule has 0 aliphatic heterocycles. The normalized spacial score (nSPS) is 9.47. The molecule has 0 unspecified atom stereocenters. The van der Waals surface area contributed by atoms with Gasteiger partial charge >= 0.3 is 12.0 Å². The molecule has 0 radical (unpaired) electrons. The van der Waals surface area contributed by atoms with Crippen LogP contribution in [0.15, 0.2) is 0 Å². The number of nitrogens with one attached hydrogen (secondary N) is 1. The molecule has 7 heteroatoms. The zero-order chi connectivity index (χ0) is 13.0. The average molecular weight is 253 g/mol. The van der Waals surface area contributed by atoms with E-state index in [4.69, 9.17) is 15.7 Å². The van der Waals surface area contributed by atoms with Crippen molar-refractivity contribution in [3.8, 4) is 6.07 Å². The van der Waals surface area contributed by atoms with Crippen LogP contribution in [0.3, 0.4) is 0 Å². The Hall–Kier alpha value is -2.07. The Kier molecular flexibility index (Phi) is 4.06. The van der Waals surface area contributed by atoms with Crippen LogP contribution in [0.1, 0.15) is 27.7 Å². The van der Waals surface area contributed by atoms with Crippen molar-refractivity contribution < 1.29 is 14.3 Å². The van der Waals surface area contributed by atoms with Gasteiger partial charge in [0.2, 0.25) is 0 Å². The molecule has 90 valence electrons. The third kappa shape index (κ3) is 2.73. The second-order valence-electron chi connectivity index (χ2n) is 3.08. The molecule has 0 aliphatic carbocycles. The number of rotatable bonds is 3. The van der Waals surface area contributed by atoms with E-state index in [1.54, 1.807) is 13.8 Å². The van der Waals surface area contributed by atoms with Crippen molar-refractivity contribution in [2.24, 2.45) is 5.73 Å². The Morgan fingerprint density at radius 3 is 2.71 bits per heavy atom. The van der Waals surface area contributed by atoms with E-state index in [1.165, 1.54) is 0 Å². The highest BCUT2D eigenvalue weighted by Crippen LogP contribution is 2.32. The summed E-state index contributed by atoms with van der Waals surface area (Å²) in [4.78, 5) is 22.6. The molecule has 0 atom stereocenters. The summed E-state index contributed by atoms with van der Waals surface area (Å²) in [5.41, 5.74) is 5.69. The molecule has 0 fully saturated rings. The van der Waals surface area contributed by atoms with E-state index in [1.807, 2.05) is 6.07 Å². The summed E-state index contributed by atoms with van der Waals surface area (Å²) in [7, 11) is 0. The predicted molar refractivity (Wildman–Crippen MR) is 62.9 cm³/mol. The van der Waals surface area contributed by atoms with Gasteiger partial charge in [0.25, 0.3) is 0 Å². The van der Waals surface area contributed by atoms with E-state index in [2.05, 4.69) is 5.32 Å². The van der Waals surface area contributed by atoms with Crippen LogP contribution in [0.2, 0.25) is 0 Å². The minimum absolute atomic E-state index is 0.233. The first-order chi connectivity index (χ1) is 8.01. The monoisotopic (exact) mass is 253 g/mol. The molecule has 3 N–H and O–H groups in total. The molecule has 2 amide bonds. The van der Waals surface area contributed by atoms with Crippen LogP contribution in [0, 0.1) is 18.3 Å². The highest BCUT2D eigenvalue weighted by atomic mass is 32.1. The van der Waals surface area contributed by atoms with Gasteiger partial charge in [0.05, 0.1) is 12.2 Å². The first-order valence-corrected chi connectivity index (χ1v) is 5.60. The third-order valence-corrected chi connectivity index (χ3v) is 3.14. The Bertz CT molecular complexity index is 502. The molecular weight excluding hydrogens is 242 g/mol. The zero-order valence-electron chi connectivity index (χ0n) is 9.36. The molecule has 0 saturated carbocycles. The van der Waals surface area contributed by atoms with E-state index in [-0.39, 0.29) is 17.2 Å². The molecule has 0 saturated heterocycles. The first kappa shape index (κ1) is 13.0. The van der Waals surface area contributed by atoms with Crippen molar-refractivity contribution in [1.82, 2.24) is 0 Å². The number of esters is 1. The molecule has 1 aromatic heterocycles. The smallest absolute Gasteiger partial charge is 0.348 e. The quantitative estimate of drug-likeness (QED) is 0.798. The number of thiophene rings is 1. The number of hydrogen-bond acceptors (Lipinski definition) is 5. The lowest BCUT2D eigenvalue weighted by Crippen LogP contribution is -2.19. The molecule has 1 heterocycles. The van der Waals surface area contributed by atoms with Crippen LogP contribution in [0.5, 0.6) is 0 Å². The van der Waals surface area contributed by atoms with Crippen LogP contribution >= 0.6 is 11.3 Å². The minimum atomic E-state index is -0.779. The van der Waals surface area contributed by atoms with Crippen molar-refractivity contribution in [3.63, 3.8) is 0 Å². The second kappa shape index (κ2) is 5.32. The summed E-state index contributed by atoms with van der Waals surface area (Å²) in [5, 5.41) is 11.5. The van der Waals surface area contributed by atoms with E-state index in [9.17, 15) is 9.59 Å². The van der Waals surface area contributed by atoms with Crippen LogP contribution < -0.4 is 11.1 Å². The van der Waals surface area contributed by atoms with E-state index < -0.39 is 12.0 Å². The maximum atomic E-state index is 11.6. The van der Waals surface area contributed by atoms with Crippen LogP contribution in [-0.4, -0.2) is 18.6 Å². The number of nitriles is 1. The number of anilines is 1. The Labute approximate surface area is 102 Å². The van der Waals surface area contributed by atoms with E-state index in [0.717, 1.165) is 11.3 Å². The van der Waals surface area contributed by atoms with Gasteiger partial charge in [0.15, 0.2) is 0 Å². The Balaban J connectivity index is 3.18. The van der Waals surface area contributed by atoms with Gasteiger partial charge in [0, 0.05) is 0 Å². The summed E-state index contributed by atoms with van der Waals surface area (Å²) in [5.74, 6) is -0.510. The van der Waals surface area contributed by atoms with Crippen LogP contribution in [0.25, 0.3) is 0 Å². The van der Waals surface area contributed by atoms with Gasteiger partial charge in [-0.15, -0.1) is 11.3 Å². The fourth-order valence-corrected chi connectivity index (χ4v) is 2.29. The third-order valence-electron chi connectivity index (χ3n) is 1.96. The molecule has 17 heavy (non-hydrogen) atoms. The highest BCUT2D eigenvalue weighted by Gasteiger charge is 2.21. The zero-order valence-corrected chi connectivity index (χ0v) is 10.2. The fourth-order valence-electron chi connectivity index (χ4n) is 1.24. The van der Waals surface area contributed by atoms with Crippen LogP contribution in [-0.2, 0) is 4.74 Å². The number of urea groups is 1. The fraction of sp³-hybridized carbons (Fsp3) is 0.300. The van der Waals surface area contributed by atoms with Crippen molar-refractivity contribution in [3.05, 3.63) is 16.0 Å². The molecule has 0 bridgehead atoms. The average Bonchev–Trinajstić information content (AvgIpc) is 2.54. The number of nitrogens with two attached hydrogens (primary N) is 1. The van der Waals surface area contributed by atoms with Gasteiger partial charge in [-0.2, -0.15) is 5.26 Å². The second-order valence-corrected chi connectivity index (χ2v) is 4.10. The SMILES string of the molecule is CCOC(=O)c1sc(NC(N)=O)c(C#N)c1C. The maximum Gasteiger partial charge on any atom is 0.348 e. The maximum absolute atomic E-state index is 11.6. The van der Waals surface area contributed by atoms with Gasteiger partial charge in [-0.25, -0.2) is 9.59 Å². The molecule has 1 rings (SSSR count). The molecule has 6 nitrogen and oxygen atoms in total. The number of ether oxygens (including phenoxy) is 1. The number of carbonyl (C=O) groups excluding carboxylic acids is 2. The van der Waals surface area contributed by atoms with Gasteiger partial charge in [-0.1, -0.05) is 0 Å². The minimum Gasteiger partial charge on any atom is -0.462 e. The Morgan fingerprint density at radius 1 is 1.59 bits per heavy atom. The summed E-state index contributed by atoms with van der Waals surface area (Å²) in [6.07, 6.45) is 0. The lowest BCUT2D eigenvalue weighted by Gasteiger charge is -1.98.